The van der Waals surface area contributed by atoms with Crippen LogP contribution in [0.15, 0.2) is 170 Å². The summed E-state index contributed by atoms with van der Waals surface area (Å²) in [5.41, 5.74) is 12.0. The van der Waals surface area contributed by atoms with Crippen molar-refractivity contribution in [1.29, 1.82) is 0 Å². The largest absolute Gasteiger partial charge is 0.264 e. The van der Waals surface area contributed by atoms with E-state index in [-0.39, 0.29) is 0 Å². The molecule has 0 unspecified atom stereocenters. The third kappa shape index (κ3) is 4.75. The summed E-state index contributed by atoms with van der Waals surface area (Å²) in [5, 5.41) is 14.7. The second kappa shape index (κ2) is 11.2. The van der Waals surface area contributed by atoms with Gasteiger partial charge < -0.3 is 0 Å². The van der Waals surface area contributed by atoms with Gasteiger partial charge in [0.05, 0.1) is 5.69 Å². The van der Waals surface area contributed by atoms with E-state index in [0.29, 0.717) is 0 Å². The van der Waals surface area contributed by atoms with Gasteiger partial charge in [-0.25, -0.2) is 0 Å². The zero-order chi connectivity index (χ0) is 31.2. The molecule has 0 atom stereocenters. The van der Waals surface area contributed by atoms with Gasteiger partial charge in [0.15, 0.2) is 0 Å². The van der Waals surface area contributed by atoms with Crippen molar-refractivity contribution in [2.24, 2.45) is 0 Å². The average molecular weight is 601 g/mol. The molecule has 0 aliphatic rings. The molecule has 0 aliphatic carbocycles. The first-order valence-corrected chi connectivity index (χ1v) is 15.8. The standard InChI is InChI=1S/C43H28N4/c1-2-10-30(11-3-1)35-23-24-39(37-16-5-4-15-36(35)37)41-27-42-43(40-18-7-6-17-38(40)41)46-47(45-42)34-21-19-29(20-22-34)31-12-8-13-32(26-31)33-14-9-25-44-28-33/h1-28H. The first-order chi connectivity index (χ1) is 23.3. The van der Waals surface area contributed by atoms with E-state index in [2.05, 4.69) is 157 Å². The smallest absolute Gasteiger partial charge is 0.121 e. The predicted molar refractivity (Wildman–Crippen MR) is 193 cm³/mol. The van der Waals surface area contributed by atoms with E-state index in [4.69, 9.17) is 10.2 Å². The molecule has 0 saturated heterocycles. The minimum Gasteiger partial charge on any atom is -0.264 e. The third-order valence-corrected chi connectivity index (χ3v) is 8.98. The summed E-state index contributed by atoms with van der Waals surface area (Å²) < 4.78 is 0. The fourth-order valence-electron chi connectivity index (χ4n) is 6.69. The highest BCUT2D eigenvalue weighted by atomic mass is 15.5. The van der Waals surface area contributed by atoms with Crippen molar-refractivity contribution in [3.8, 4) is 50.2 Å². The van der Waals surface area contributed by atoms with Crippen LogP contribution in [-0.2, 0) is 0 Å². The Bertz CT molecular complexity index is 2550. The molecule has 4 heteroatoms. The van der Waals surface area contributed by atoms with Crippen molar-refractivity contribution in [3.05, 3.63) is 170 Å². The van der Waals surface area contributed by atoms with E-state index in [1.807, 2.05) is 12.3 Å². The van der Waals surface area contributed by atoms with Gasteiger partial charge in [0, 0.05) is 23.3 Å². The van der Waals surface area contributed by atoms with Gasteiger partial charge in [-0.2, -0.15) is 4.80 Å². The minimum absolute atomic E-state index is 0.864. The molecular formula is C43H28N4. The number of nitrogens with zero attached hydrogens (tertiary/aromatic N) is 4. The lowest BCUT2D eigenvalue weighted by molar-refractivity contribution is 0.766. The van der Waals surface area contributed by atoms with Crippen molar-refractivity contribution in [2.75, 3.05) is 0 Å². The van der Waals surface area contributed by atoms with Crippen LogP contribution < -0.4 is 0 Å². The van der Waals surface area contributed by atoms with E-state index in [9.17, 15) is 0 Å². The monoisotopic (exact) mass is 600 g/mol. The maximum Gasteiger partial charge on any atom is 0.121 e. The van der Waals surface area contributed by atoms with Crippen LogP contribution in [0.25, 0.3) is 82.8 Å². The highest BCUT2D eigenvalue weighted by molar-refractivity contribution is 6.15. The summed E-state index contributed by atoms with van der Waals surface area (Å²) in [6.07, 6.45) is 3.70. The summed E-state index contributed by atoms with van der Waals surface area (Å²) in [7, 11) is 0. The number of hydrogen-bond acceptors (Lipinski definition) is 3. The summed E-state index contributed by atoms with van der Waals surface area (Å²) in [6, 6.07) is 55.6. The minimum atomic E-state index is 0.864. The van der Waals surface area contributed by atoms with Crippen LogP contribution >= 0.6 is 0 Å². The Morgan fingerprint density at radius 1 is 0.383 bits per heavy atom. The van der Waals surface area contributed by atoms with Gasteiger partial charge in [-0.3, -0.25) is 4.98 Å². The van der Waals surface area contributed by atoms with E-state index in [1.165, 1.54) is 27.5 Å². The average Bonchev–Trinajstić information content (AvgIpc) is 3.60. The SMILES string of the molecule is c1ccc(-c2ccc(-c3cc4nn(-c5ccc(-c6cccc(-c7cccnc7)c6)cc5)nc4c4ccccc34)c3ccccc23)cc1. The summed E-state index contributed by atoms with van der Waals surface area (Å²) in [4.78, 5) is 6.04. The van der Waals surface area contributed by atoms with Crippen molar-refractivity contribution >= 4 is 32.6 Å². The van der Waals surface area contributed by atoms with Crippen LogP contribution in [0, 0.1) is 0 Å². The van der Waals surface area contributed by atoms with E-state index in [1.54, 1.807) is 11.0 Å². The Morgan fingerprint density at radius 2 is 1.00 bits per heavy atom. The van der Waals surface area contributed by atoms with Gasteiger partial charge in [-0.05, 0) is 85.4 Å². The normalized spacial score (nSPS) is 11.4. The predicted octanol–water partition coefficient (Wildman–Crippen LogP) is 10.8. The van der Waals surface area contributed by atoms with E-state index >= 15 is 0 Å². The molecule has 2 aromatic heterocycles. The summed E-state index contributed by atoms with van der Waals surface area (Å²) >= 11 is 0. The highest BCUT2D eigenvalue weighted by Gasteiger charge is 2.16. The molecule has 0 fully saturated rings. The fourth-order valence-corrected chi connectivity index (χ4v) is 6.69. The van der Waals surface area contributed by atoms with Gasteiger partial charge in [0.1, 0.15) is 11.0 Å². The number of rotatable bonds is 5. The van der Waals surface area contributed by atoms with Crippen LogP contribution in [-0.4, -0.2) is 20.0 Å². The van der Waals surface area contributed by atoms with E-state index < -0.39 is 0 Å². The van der Waals surface area contributed by atoms with Crippen molar-refractivity contribution in [1.82, 2.24) is 20.0 Å². The molecule has 0 N–H and O–H groups in total. The number of aromatic nitrogens is 4. The Balaban J connectivity index is 1.14. The maximum absolute atomic E-state index is 5.02. The molecule has 0 radical (unpaired) electrons. The number of hydrogen-bond donors (Lipinski definition) is 0. The lowest BCUT2D eigenvalue weighted by Crippen LogP contribution is -1.98. The molecule has 0 aliphatic heterocycles. The lowest BCUT2D eigenvalue weighted by Gasteiger charge is -2.14. The Kier molecular flexibility index (Phi) is 6.43. The molecule has 220 valence electrons. The first kappa shape index (κ1) is 27.0. The molecular weight excluding hydrogens is 573 g/mol. The van der Waals surface area contributed by atoms with Crippen LogP contribution in [0.1, 0.15) is 0 Å². The second-order valence-electron chi connectivity index (χ2n) is 11.8. The molecule has 0 saturated carbocycles. The third-order valence-electron chi connectivity index (χ3n) is 8.98. The van der Waals surface area contributed by atoms with Crippen molar-refractivity contribution in [2.45, 2.75) is 0 Å². The fraction of sp³-hybridized carbons (Fsp3) is 0. The highest BCUT2D eigenvalue weighted by Crippen LogP contribution is 2.40. The van der Waals surface area contributed by atoms with Gasteiger partial charge >= 0.3 is 0 Å². The molecule has 4 nitrogen and oxygen atoms in total. The van der Waals surface area contributed by atoms with Crippen LogP contribution in [0.3, 0.4) is 0 Å². The molecule has 0 bridgehead atoms. The van der Waals surface area contributed by atoms with Gasteiger partial charge in [-0.15, -0.1) is 10.2 Å². The number of pyridine rings is 1. The van der Waals surface area contributed by atoms with E-state index in [0.717, 1.165) is 55.3 Å². The topological polar surface area (TPSA) is 43.6 Å². The number of fused-ring (bicyclic) bond motifs is 4. The quantitative estimate of drug-likeness (QED) is 0.197. The summed E-state index contributed by atoms with van der Waals surface area (Å²) in [5.74, 6) is 0. The van der Waals surface area contributed by atoms with Gasteiger partial charge in [0.25, 0.3) is 0 Å². The first-order valence-electron chi connectivity index (χ1n) is 15.8. The van der Waals surface area contributed by atoms with Gasteiger partial charge in [0.2, 0.25) is 0 Å². The Morgan fingerprint density at radius 3 is 1.74 bits per heavy atom. The molecule has 2 heterocycles. The molecule has 9 rings (SSSR count). The Labute approximate surface area is 272 Å². The molecule has 47 heavy (non-hydrogen) atoms. The lowest BCUT2D eigenvalue weighted by atomic mass is 9.90. The second-order valence-corrected chi connectivity index (χ2v) is 11.8. The molecule has 7 aromatic carbocycles. The van der Waals surface area contributed by atoms with Crippen LogP contribution in [0.5, 0.6) is 0 Å². The molecule has 9 aromatic rings. The van der Waals surface area contributed by atoms with Crippen molar-refractivity contribution in [3.63, 3.8) is 0 Å². The number of benzene rings is 7. The van der Waals surface area contributed by atoms with Crippen molar-refractivity contribution < 1.29 is 0 Å². The Hall–Kier alpha value is -6.39. The zero-order valence-corrected chi connectivity index (χ0v) is 25.5. The maximum atomic E-state index is 5.02. The summed E-state index contributed by atoms with van der Waals surface area (Å²) in [6.45, 7) is 0. The van der Waals surface area contributed by atoms with Gasteiger partial charge in [-0.1, -0.05) is 127 Å². The van der Waals surface area contributed by atoms with Crippen LogP contribution in [0.4, 0.5) is 0 Å². The molecule has 0 amide bonds. The van der Waals surface area contributed by atoms with Crippen LogP contribution in [0.2, 0.25) is 0 Å². The zero-order valence-electron chi connectivity index (χ0n) is 25.5. The molecule has 0 spiro atoms.